The van der Waals surface area contributed by atoms with Gasteiger partial charge in [0.05, 0.1) is 0 Å². The van der Waals surface area contributed by atoms with Crippen LogP contribution in [-0.4, -0.2) is 36.5 Å². The van der Waals surface area contributed by atoms with Crippen molar-refractivity contribution < 1.29 is 4.79 Å². The first-order valence-electron chi connectivity index (χ1n) is 8.52. The smallest absolute Gasteiger partial charge is 0.226 e. The third kappa shape index (κ3) is 3.43. The van der Waals surface area contributed by atoms with Gasteiger partial charge in [0.1, 0.15) is 0 Å². The third-order valence-corrected chi connectivity index (χ3v) is 5.24. The molecule has 0 saturated carbocycles. The number of amides is 1. The highest BCUT2D eigenvalue weighted by Gasteiger charge is 2.30. The molecule has 0 bridgehead atoms. The molecule has 112 valence electrons. The van der Waals surface area contributed by atoms with Crippen molar-refractivity contribution in [1.82, 2.24) is 10.2 Å². The molecular weight excluding hydrogens is 248 g/mol. The van der Waals surface area contributed by atoms with Gasteiger partial charge in [0.2, 0.25) is 5.91 Å². The molecule has 2 unspecified atom stereocenters. The monoisotopic (exact) mass is 276 g/mol. The number of rotatable bonds is 3. The molecule has 20 heavy (non-hydrogen) atoms. The molecule has 2 atom stereocenters. The Balaban J connectivity index is 1.53. The van der Waals surface area contributed by atoms with Crippen LogP contribution >= 0.6 is 0 Å². The molecule has 0 aromatic carbocycles. The van der Waals surface area contributed by atoms with E-state index in [1.165, 1.54) is 57.1 Å². The van der Waals surface area contributed by atoms with Crippen molar-refractivity contribution in [3.8, 4) is 0 Å². The first-order valence-corrected chi connectivity index (χ1v) is 8.52. The number of hydrogen-bond acceptors (Lipinski definition) is 2. The Bertz CT molecular complexity index is 371. The third-order valence-electron chi connectivity index (χ3n) is 5.24. The molecule has 3 aliphatic rings. The van der Waals surface area contributed by atoms with E-state index in [1.54, 1.807) is 0 Å². The van der Waals surface area contributed by atoms with Crippen LogP contribution in [-0.2, 0) is 4.79 Å². The SMILES string of the molecule is O=C(CC1=CCCCC1)N1CCCC(C2CCCN2)C1. The van der Waals surface area contributed by atoms with Gasteiger partial charge in [-0.3, -0.25) is 4.79 Å². The Morgan fingerprint density at radius 1 is 1.25 bits per heavy atom. The predicted octanol–water partition coefficient (Wildman–Crippen LogP) is 2.87. The number of hydrogen-bond donors (Lipinski definition) is 1. The quantitative estimate of drug-likeness (QED) is 0.804. The van der Waals surface area contributed by atoms with Crippen molar-refractivity contribution in [2.45, 2.75) is 63.8 Å². The number of allylic oxidation sites excluding steroid dienone is 1. The fraction of sp³-hybridized carbons (Fsp3) is 0.824. The van der Waals surface area contributed by atoms with E-state index in [2.05, 4.69) is 16.3 Å². The molecule has 0 radical (unpaired) electrons. The van der Waals surface area contributed by atoms with Gasteiger partial charge >= 0.3 is 0 Å². The Morgan fingerprint density at radius 2 is 2.20 bits per heavy atom. The first kappa shape index (κ1) is 14.1. The van der Waals surface area contributed by atoms with Crippen LogP contribution in [0, 0.1) is 5.92 Å². The van der Waals surface area contributed by atoms with Crippen LogP contribution in [0.15, 0.2) is 11.6 Å². The van der Waals surface area contributed by atoms with E-state index in [1.807, 2.05) is 0 Å². The van der Waals surface area contributed by atoms with Crippen LogP contribution in [0.4, 0.5) is 0 Å². The van der Waals surface area contributed by atoms with Gasteiger partial charge in [0.25, 0.3) is 0 Å². The topological polar surface area (TPSA) is 32.3 Å². The lowest BCUT2D eigenvalue weighted by Gasteiger charge is -2.36. The van der Waals surface area contributed by atoms with E-state index in [9.17, 15) is 4.79 Å². The van der Waals surface area contributed by atoms with Crippen LogP contribution in [0.3, 0.4) is 0 Å². The number of nitrogens with zero attached hydrogens (tertiary/aromatic N) is 1. The molecule has 3 rings (SSSR count). The van der Waals surface area contributed by atoms with Crippen LogP contribution in [0.1, 0.15) is 57.8 Å². The summed E-state index contributed by atoms with van der Waals surface area (Å²) in [5.41, 5.74) is 1.39. The maximum Gasteiger partial charge on any atom is 0.226 e. The molecule has 0 aromatic rings. The normalized spacial score (nSPS) is 31.2. The fourth-order valence-corrected chi connectivity index (χ4v) is 4.05. The first-order chi connectivity index (χ1) is 9.83. The summed E-state index contributed by atoms with van der Waals surface area (Å²) >= 11 is 0. The summed E-state index contributed by atoms with van der Waals surface area (Å²) in [6.07, 6.45) is 13.0. The van der Waals surface area contributed by atoms with Crippen molar-refractivity contribution in [2.24, 2.45) is 5.92 Å². The highest BCUT2D eigenvalue weighted by Crippen LogP contribution is 2.26. The number of likely N-dealkylation sites (tertiary alicyclic amines) is 1. The Kier molecular flexibility index (Phi) is 4.77. The molecule has 0 spiro atoms. The van der Waals surface area contributed by atoms with Crippen molar-refractivity contribution in [2.75, 3.05) is 19.6 Å². The zero-order valence-electron chi connectivity index (χ0n) is 12.6. The second-order valence-corrected chi connectivity index (χ2v) is 6.73. The summed E-state index contributed by atoms with van der Waals surface area (Å²) in [4.78, 5) is 14.6. The molecule has 3 nitrogen and oxygen atoms in total. The Morgan fingerprint density at radius 3 is 2.95 bits per heavy atom. The van der Waals surface area contributed by atoms with Crippen LogP contribution < -0.4 is 5.32 Å². The van der Waals surface area contributed by atoms with Gasteiger partial charge in [-0.05, 0) is 63.8 Å². The average Bonchev–Trinajstić information content (AvgIpc) is 3.03. The molecule has 1 N–H and O–H groups in total. The number of carbonyl (C=O) groups excluding carboxylic acids is 1. The van der Waals surface area contributed by atoms with E-state index >= 15 is 0 Å². The Labute approximate surface area is 122 Å². The summed E-state index contributed by atoms with van der Waals surface area (Å²) in [6, 6.07) is 0.666. The lowest BCUT2D eigenvalue weighted by Crippen LogP contribution is -2.45. The molecule has 2 fully saturated rings. The summed E-state index contributed by atoms with van der Waals surface area (Å²) < 4.78 is 0. The molecule has 3 heteroatoms. The molecular formula is C17H28N2O. The number of nitrogens with one attached hydrogen (secondary N) is 1. The molecule has 1 amide bonds. The lowest BCUT2D eigenvalue weighted by molar-refractivity contribution is -0.132. The van der Waals surface area contributed by atoms with E-state index in [0.29, 0.717) is 24.3 Å². The molecule has 2 saturated heterocycles. The van der Waals surface area contributed by atoms with Crippen molar-refractivity contribution in [1.29, 1.82) is 0 Å². The summed E-state index contributed by atoms with van der Waals surface area (Å²) in [5.74, 6) is 1.07. The maximum absolute atomic E-state index is 12.5. The van der Waals surface area contributed by atoms with Gasteiger partial charge in [-0.2, -0.15) is 0 Å². The molecule has 0 aromatic heterocycles. The van der Waals surface area contributed by atoms with Gasteiger partial charge in [-0.15, -0.1) is 0 Å². The summed E-state index contributed by atoms with van der Waals surface area (Å²) in [7, 11) is 0. The van der Waals surface area contributed by atoms with Crippen LogP contribution in [0.2, 0.25) is 0 Å². The van der Waals surface area contributed by atoms with Gasteiger partial charge in [0.15, 0.2) is 0 Å². The number of piperidine rings is 1. The number of carbonyl (C=O) groups is 1. The van der Waals surface area contributed by atoms with Crippen molar-refractivity contribution in [3.63, 3.8) is 0 Å². The molecule has 1 aliphatic carbocycles. The van der Waals surface area contributed by atoms with Crippen LogP contribution in [0.5, 0.6) is 0 Å². The van der Waals surface area contributed by atoms with E-state index in [4.69, 9.17) is 0 Å². The predicted molar refractivity (Wildman–Crippen MR) is 81.5 cm³/mol. The van der Waals surface area contributed by atoms with E-state index < -0.39 is 0 Å². The highest BCUT2D eigenvalue weighted by atomic mass is 16.2. The fourth-order valence-electron chi connectivity index (χ4n) is 4.05. The second kappa shape index (κ2) is 6.75. The van der Waals surface area contributed by atoms with Gasteiger partial charge in [0, 0.05) is 25.6 Å². The van der Waals surface area contributed by atoms with E-state index in [0.717, 1.165) is 19.5 Å². The van der Waals surface area contributed by atoms with E-state index in [-0.39, 0.29) is 0 Å². The minimum atomic E-state index is 0.376. The zero-order valence-corrected chi connectivity index (χ0v) is 12.6. The van der Waals surface area contributed by atoms with Crippen molar-refractivity contribution >= 4 is 5.91 Å². The minimum Gasteiger partial charge on any atom is -0.342 e. The standard InChI is InChI=1S/C17H28N2O/c20-17(12-14-6-2-1-3-7-14)19-11-5-8-15(13-19)16-9-4-10-18-16/h6,15-16,18H,1-5,7-13H2. The highest BCUT2D eigenvalue weighted by molar-refractivity contribution is 5.78. The van der Waals surface area contributed by atoms with Crippen molar-refractivity contribution in [3.05, 3.63) is 11.6 Å². The zero-order chi connectivity index (χ0) is 13.8. The average molecular weight is 276 g/mol. The molecule has 2 heterocycles. The maximum atomic E-state index is 12.5. The summed E-state index contributed by atoms with van der Waals surface area (Å²) in [6.45, 7) is 3.14. The van der Waals surface area contributed by atoms with Gasteiger partial charge in [-0.25, -0.2) is 0 Å². The van der Waals surface area contributed by atoms with Gasteiger partial charge < -0.3 is 10.2 Å². The summed E-state index contributed by atoms with van der Waals surface area (Å²) in [5, 5.41) is 3.62. The minimum absolute atomic E-state index is 0.376. The molecule has 2 aliphatic heterocycles. The van der Waals surface area contributed by atoms with Gasteiger partial charge in [-0.1, -0.05) is 11.6 Å². The Hall–Kier alpha value is -0.830. The van der Waals surface area contributed by atoms with Crippen LogP contribution in [0.25, 0.3) is 0 Å². The largest absolute Gasteiger partial charge is 0.342 e. The second-order valence-electron chi connectivity index (χ2n) is 6.73. The lowest BCUT2D eigenvalue weighted by atomic mass is 9.89.